The van der Waals surface area contributed by atoms with E-state index >= 15 is 0 Å². The van der Waals surface area contributed by atoms with Crippen LogP contribution in [0.25, 0.3) is 0 Å². The van der Waals surface area contributed by atoms with Crippen LogP contribution in [0.2, 0.25) is 0 Å². The van der Waals surface area contributed by atoms with Crippen molar-refractivity contribution in [3.63, 3.8) is 0 Å². The maximum atomic E-state index is 12.0. The Hall–Kier alpha value is -2.63. The number of rotatable bonds is 4. The molecule has 0 radical (unpaired) electrons. The first kappa shape index (κ1) is 16.2. The second kappa shape index (κ2) is 7.77. The molecule has 1 aromatic heterocycles. The summed E-state index contributed by atoms with van der Waals surface area (Å²) in [5, 5.41) is 5.65. The van der Waals surface area contributed by atoms with Gasteiger partial charge in [0.1, 0.15) is 11.6 Å². The average Bonchev–Trinajstić information content (AvgIpc) is 2.63. The summed E-state index contributed by atoms with van der Waals surface area (Å²) >= 11 is 0. The normalized spacial score (nSPS) is 14.3. The lowest BCUT2D eigenvalue weighted by atomic mass is 10.1. The van der Waals surface area contributed by atoms with Crippen molar-refractivity contribution < 1.29 is 4.79 Å². The zero-order chi connectivity index (χ0) is 16.8. The van der Waals surface area contributed by atoms with Crippen LogP contribution in [0, 0.1) is 6.92 Å². The van der Waals surface area contributed by atoms with Gasteiger partial charge in [-0.25, -0.2) is 14.8 Å². The van der Waals surface area contributed by atoms with Gasteiger partial charge in [0.2, 0.25) is 0 Å². The number of nitrogens with one attached hydrogen (secondary N) is 2. The molecule has 3 rings (SSSR count). The minimum Gasteiger partial charge on any atom is -0.357 e. The summed E-state index contributed by atoms with van der Waals surface area (Å²) in [6.45, 7) is 4.34. The fourth-order valence-electron chi connectivity index (χ4n) is 2.81. The first-order valence-corrected chi connectivity index (χ1v) is 8.40. The van der Waals surface area contributed by atoms with E-state index in [1.807, 2.05) is 37.3 Å². The number of hydrogen-bond donors (Lipinski definition) is 2. The molecule has 2 N–H and O–H groups in total. The zero-order valence-corrected chi connectivity index (χ0v) is 14.0. The fourth-order valence-corrected chi connectivity index (χ4v) is 2.81. The highest BCUT2D eigenvalue weighted by Crippen LogP contribution is 2.17. The summed E-state index contributed by atoms with van der Waals surface area (Å²) in [4.78, 5) is 23.1. The monoisotopic (exact) mass is 325 g/mol. The third-order valence-corrected chi connectivity index (χ3v) is 4.17. The molecule has 0 spiro atoms. The van der Waals surface area contributed by atoms with Crippen molar-refractivity contribution in [1.82, 2.24) is 15.3 Å². The molecule has 24 heavy (non-hydrogen) atoms. The molecular weight excluding hydrogens is 302 g/mol. The highest BCUT2D eigenvalue weighted by atomic mass is 16.2. The van der Waals surface area contributed by atoms with Crippen LogP contribution in [0.3, 0.4) is 0 Å². The Kier molecular flexibility index (Phi) is 5.25. The summed E-state index contributed by atoms with van der Waals surface area (Å²) in [6.07, 6.45) is 5.45. The number of carbonyl (C=O) groups excluding carboxylic acids is 1. The van der Waals surface area contributed by atoms with Gasteiger partial charge in [0.15, 0.2) is 0 Å². The summed E-state index contributed by atoms with van der Waals surface area (Å²) in [5.74, 6) is 1.57. The van der Waals surface area contributed by atoms with E-state index in [4.69, 9.17) is 0 Å². The van der Waals surface area contributed by atoms with Crippen molar-refractivity contribution in [2.45, 2.75) is 32.7 Å². The lowest BCUT2D eigenvalue weighted by molar-refractivity contribution is 0.251. The largest absolute Gasteiger partial charge is 0.357 e. The molecule has 2 amide bonds. The number of anilines is 2. The number of piperidine rings is 1. The highest BCUT2D eigenvalue weighted by Gasteiger charge is 2.13. The molecule has 0 saturated carbocycles. The second-order valence-electron chi connectivity index (χ2n) is 6.00. The van der Waals surface area contributed by atoms with E-state index in [9.17, 15) is 4.79 Å². The van der Waals surface area contributed by atoms with Gasteiger partial charge in [-0.15, -0.1) is 0 Å². The maximum Gasteiger partial charge on any atom is 0.319 e. The van der Waals surface area contributed by atoms with Crippen LogP contribution in [0.15, 0.2) is 36.5 Å². The quantitative estimate of drug-likeness (QED) is 0.906. The van der Waals surface area contributed by atoms with E-state index in [1.54, 1.807) is 6.20 Å². The zero-order valence-electron chi connectivity index (χ0n) is 14.0. The summed E-state index contributed by atoms with van der Waals surface area (Å²) in [5.41, 5.74) is 1.83. The van der Waals surface area contributed by atoms with Crippen LogP contribution >= 0.6 is 0 Å². The molecule has 1 fully saturated rings. The van der Waals surface area contributed by atoms with Crippen LogP contribution < -0.4 is 15.5 Å². The molecule has 0 unspecified atom stereocenters. The number of aryl methyl sites for hydroxylation is 1. The number of para-hydroxylation sites is 1. The molecule has 6 heteroatoms. The van der Waals surface area contributed by atoms with Crippen LogP contribution in [0.1, 0.15) is 30.7 Å². The molecule has 0 atom stereocenters. The van der Waals surface area contributed by atoms with Gasteiger partial charge in [0, 0.05) is 25.0 Å². The third kappa shape index (κ3) is 4.22. The topological polar surface area (TPSA) is 70.2 Å². The Labute approximate surface area is 142 Å². The van der Waals surface area contributed by atoms with E-state index in [1.165, 1.54) is 19.3 Å². The second-order valence-corrected chi connectivity index (χ2v) is 6.00. The van der Waals surface area contributed by atoms with Crippen molar-refractivity contribution >= 4 is 17.5 Å². The molecule has 1 aliphatic rings. The Bertz CT molecular complexity index is 697. The number of carbonyl (C=O) groups is 1. The van der Waals surface area contributed by atoms with Gasteiger partial charge in [0.25, 0.3) is 0 Å². The number of urea groups is 1. The number of benzene rings is 1. The molecule has 0 bridgehead atoms. The lowest BCUT2D eigenvalue weighted by Crippen LogP contribution is -2.31. The Morgan fingerprint density at radius 3 is 2.75 bits per heavy atom. The standard InChI is InChI=1S/C18H23N5O/c1-14-7-3-4-8-15(14)21-18(24)20-13-16-19-10-9-17(22-16)23-11-5-2-6-12-23/h3-4,7-10H,2,5-6,11-13H2,1H3,(H2,20,21,24). The van der Waals surface area contributed by atoms with E-state index < -0.39 is 0 Å². The van der Waals surface area contributed by atoms with Crippen LogP contribution in [-0.4, -0.2) is 29.1 Å². The summed E-state index contributed by atoms with van der Waals surface area (Å²) in [6, 6.07) is 9.36. The number of nitrogens with zero attached hydrogens (tertiary/aromatic N) is 3. The van der Waals surface area contributed by atoms with E-state index in [2.05, 4.69) is 25.5 Å². The van der Waals surface area contributed by atoms with Gasteiger partial charge >= 0.3 is 6.03 Å². The smallest absolute Gasteiger partial charge is 0.319 e. The molecule has 0 aliphatic carbocycles. The number of aromatic nitrogens is 2. The molecule has 126 valence electrons. The van der Waals surface area contributed by atoms with Gasteiger partial charge in [0.05, 0.1) is 6.54 Å². The molecule has 2 aromatic rings. The van der Waals surface area contributed by atoms with Gasteiger partial charge in [-0.1, -0.05) is 18.2 Å². The minimum absolute atomic E-state index is 0.253. The Balaban J connectivity index is 1.56. The number of amides is 2. The molecule has 6 nitrogen and oxygen atoms in total. The minimum atomic E-state index is -0.253. The first-order valence-electron chi connectivity index (χ1n) is 8.40. The van der Waals surface area contributed by atoms with Gasteiger partial charge < -0.3 is 15.5 Å². The molecular formula is C18H23N5O. The van der Waals surface area contributed by atoms with Gasteiger partial charge in [-0.2, -0.15) is 0 Å². The van der Waals surface area contributed by atoms with Crippen LogP contribution in [0.4, 0.5) is 16.3 Å². The lowest BCUT2D eigenvalue weighted by Gasteiger charge is -2.27. The number of hydrogen-bond acceptors (Lipinski definition) is 4. The predicted octanol–water partition coefficient (Wildman–Crippen LogP) is 3.10. The van der Waals surface area contributed by atoms with E-state index in [0.29, 0.717) is 12.4 Å². The SMILES string of the molecule is Cc1ccccc1NC(=O)NCc1nccc(N2CCCCC2)n1. The summed E-state index contributed by atoms with van der Waals surface area (Å²) in [7, 11) is 0. The predicted molar refractivity (Wildman–Crippen MR) is 95.1 cm³/mol. The summed E-state index contributed by atoms with van der Waals surface area (Å²) < 4.78 is 0. The Morgan fingerprint density at radius 1 is 1.17 bits per heavy atom. The van der Waals surface area contributed by atoms with Crippen molar-refractivity contribution in [2.75, 3.05) is 23.3 Å². The van der Waals surface area contributed by atoms with Crippen LogP contribution in [0.5, 0.6) is 0 Å². The molecule has 1 saturated heterocycles. The molecule has 2 heterocycles. The van der Waals surface area contributed by atoms with Crippen molar-refractivity contribution in [3.8, 4) is 0 Å². The maximum absolute atomic E-state index is 12.0. The van der Waals surface area contributed by atoms with E-state index in [-0.39, 0.29) is 6.03 Å². The van der Waals surface area contributed by atoms with Gasteiger partial charge in [-0.05, 0) is 43.9 Å². The Morgan fingerprint density at radius 2 is 1.96 bits per heavy atom. The molecule has 1 aliphatic heterocycles. The van der Waals surface area contributed by atoms with E-state index in [0.717, 1.165) is 30.2 Å². The third-order valence-electron chi connectivity index (χ3n) is 4.17. The average molecular weight is 325 g/mol. The fraction of sp³-hybridized carbons (Fsp3) is 0.389. The highest BCUT2D eigenvalue weighted by molar-refractivity contribution is 5.89. The van der Waals surface area contributed by atoms with Crippen molar-refractivity contribution in [3.05, 3.63) is 47.9 Å². The first-order chi connectivity index (χ1) is 11.7. The molecule has 1 aromatic carbocycles. The van der Waals surface area contributed by atoms with Crippen molar-refractivity contribution in [1.29, 1.82) is 0 Å². The van der Waals surface area contributed by atoms with Gasteiger partial charge in [-0.3, -0.25) is 0 Å². The van der Waals surface area contributed by atoms with Crippen LogP contribution in [-0.2, 0) is 6.54 Å². The van der Waals surface area contributed by atoms with Crippen molar-refractivity contribution in [2.24, 2.45) is 0 Å².